The predicted molar refractivity (Wildman–Crippen MR) is 68.4 cm³/mol. The lowest BCUT2D eigenvalue weighted by atomic mass is 10.1. The minimum Gasteiger partial charge on any atom is -0.339 e. The van der Waals surface area contributed by atoms with Gasteiger partial charge in [-0.2, -0.15) is 0 Å². The van der Waals surface area contributed by atoms with Gasteiger partial charge in [0.15, 0.2) is 0 Å². The van der Waals surface area contributed by atoms with Crippen molar-refractivity contribution in [1.82, 2.24) is 9.88 Å². The van der Waals surface area contributed by atoms with Gasteiger partial charge in [0.25, 0.3) is 5.91 Å². The van der Waals surface area contributed by atoms with E-state index in [0.717, 1.165) is 12.8 Å². The van der Waals surface area contributed by atoms with Gasteiger partial charge in [-0.1, -0.05) is 13.3 Å². The molecule has 0 aliphatic rings. The van der Waals surface area contributed by atoms with Crippen LogP contribution in [0.1, 0.15) is 37.0 Å². The maximum atomic E-state index is 12.1. The fourth-order valence-corrected chi connectivity index (χ4v) is 1.92. The van der Waals surface area contributed by atoms with Crippen LogP contribution in [-0.4, -0.2) is 28.9 Å². The van der Waals surface area contributed by atoms with Crippen LogP contribution < -0.4 is 0 Å². The first-order chi connectivity index (χ1) is 7.56. The molecule has 0 aliphatic carbocycles. The molecule has 0 spiro atoms. The van der Waals surface area contributed by atoms with E-state index in [0.29, 0.717) is 10.2 Å². The first-order valence-corrected chi connectivity index (χ1v) is 6.24. The Morgan fingerprint density at radius 2 is 2.31 bits per heavy atom. The largest absolute Gasteiger partial charge is 0.339 e. The quantitative estimate of drug-likeness (QED) is 0.796. The molecule has 0 radical (unpaired) electrons. The molecule has 88 valence electrons. The number of hydrogen-bond acceptors (Lipinski definition) is 2. The highest BCUT2D eigenvalue weighted by Crippen LogP contribution is 2.13. The Morgan fingerprint density at radius 1 is 1.62 bits per heavy atom. The Hall–Kier alpha value is -0.900. The lowest BCUT2D eigenvalue weighted by molar-refractivity contribution is 0.0736. The summed E-state index contributed by atoms with van der Waals surface area (Å²) in [5, 5.41) is 0. The average Bonchev–Trinajstić information content (AvgIpc) is 2.27. The van der Waals surface area contributed by atoms with E-state index in [-0.39, 0.29) is 11.9 Å². The van der Waals surface area contributed by atoms with Gasteiger partial charge in [0.1, 0.15) is 4.60 Å². The van der Waals surface area contributed by atoms with Crippen molar-refractivity contribution < 1.29 is 4.79 Å². The summed E-state index contributed by atoms with van der Waals surface area (Å²) in [6.07, 6.45) is 3.74. The van der Waals surface area contributed by atoms with Crippen molar-refractivity contribution in [3.8, 4) is 0 Å². The first kappa shape index (κ1) is 13.2. The van der Waals surface area contributed by atoms with Crippen LogP contribution in [0.15, 0.2) is 22.9 Å². The summed E-state index contributed by atoms with van der Waals surface area (Å²) in [6.45, 7) is 4.19. The smallest absolute Gasteiger partial charge is 0.253 e. The lowest BCUT2D eigenvalue weighted by Gasteiger charge is -2.24. The maximum Gasteiger partial charge on any atom is 0.253 e. The predicted octanol–water partition coefficient (Wildman–Crippen LogP) is 3.10. The van der Waals surface area contributed by atoms with Crippen LogP contribution in [0.5, 0.6) is 0 Å². The molecular weight excluding hydrogens is 268 g/mol. The number of carbonyl (C=O) groups is 1. The molecule has 1 aromatic heterocycles. The van der Waals surface area contributed by atoms with Crippen LogP contribution in [0.3, 0.4) is 0 Å². The number of nitrogens with zero attached hydrogens (tertiary/aromatic N) is 2. The average molecular weight is 285 g/mol. The van der Waals surface area contributed by atoms with Crippen LogP contribution in [0.2, 0.25) is 0 Å². The van der Waals surface area contributed by atoms with Gasteiger partial charge >= 0.3 is 0 Å². The number of aromatic nitrogens is 1. The Kier molecular flexibility index (Phi) is 4.93. The molecule has 0 saturated heterocycles. The fourth-order valence-electron chi connectivity index (χ4n) is 1.55. The summed E-state index contributed by atoms with van der Waals surface area (Å²) in [7, 11) is 1.84. The molecule has 1 atom stereocenters. The van der Waals surface area contributed by atoms with Crippen molar-refractivity contribution in [2.75, 3.05) is 7.05 Å². The highest BCUT2D eigenvalue weighted by atomic mass is 79.9. The Labute approximate surface area is 105 Å². The molecule has 3 nitrogen and oxygen atoms in total. The topological polar surface area (TPSA) is 33.2 Å². The first-order valence-electron chi connectivity index (χ1n) is 5.45. The number of carbonyl (C=O) groups excluding carboxylic acids is 1. The van der Waals surface area contributed by atoms with E-state index >= 15 is 0 Å². The van der Waals surface area contributed by atoms with Gasteiger partial charge in [-0.05, 0) is 41.4 Å². The third-order valence-corrected chi connectivity index (χ3v) is 3.10. The van der Waals surface area contributed by atoms with Gasteiger partial charge in [0, 0.05) is 24.8 Å². The number of halogens is 1. The molecule has 0 saturated carbocycles. The molecular formula is C12H17BrN2O. The van der Waals surface area contributed by atoms with Gasteiger partial charge in [-0.15, -0.1) is 0 Å². The molecule has 1 rings (SSSR count). The van der Waals surface area contributed by atoms with Crippen LogP contribution in [0.4, 0.5) is 0 Å². The van der Waals surface area contributed by atoms with E-state index in [4.69, 9.17) is 0 Å². The van der Waals surface area contributed by atoms with Crippen LogP contribution >= 0.6 is 15.9 Å². The van der Waals surface area contributed by atoms with E-state index in [1.165, 1.54) is 0 Å². The molecule has 0 fully saturated rings. The van der Waals surface area contributed by atoms with Gasteiger partial charge in [-0.3, -0.25) is 4.79 Å². The Bertz CT molecular complexity index is 368. The molecule has 1 heterocycles. The molecule has 0 bridgehead atoms. The van der Waals surface area contributed by atoms with Gasteiger partial charge < -0.3 is 4.90 Å². The van der Waals surface area contributed by atoms with Crippen LogP contribution in [0.25, 0.3) is 0 Å². The van der Waals surface area contributed by atoms with Gasteiger partial charge in [0.2, 0.25) is 0 Å². The molecule has 1 aromatic rings. The van der Waals surface area contributed by atoms with Gasteiger partial charge in [0.05, 0.1) is 0 Å². The zero-order valence-corrected chi connectivity index (χ0v) is 11.5. The van der Waals surface area contributed by atoms with Crippen molar-refractivity contribution >= 4 is 21.8 Å². The molecule has 16 heavy (non-hydrogen) atoms. The Morgan fingerprint density at radius 3 is 2.88 bits per heavy atom. The maximum absolute atomic E-state index is 12.1. The van der Waals surface area contributed by atoms with Crippen molar-refractivity contribution in [2.24, 2.45) is 0 Å². The third-order valence-electron chi connectivity index (χ3n) is 2.66. The number of rotatable bonds is 4. The zero-order valence-electron chi connectivity index (χ0n) is 9.90. The van der Waals surface area contributed by atoms with E-state index in [9.17, 15) is 4.79 Å². The molecule has 0 aromatic carbocycles. The Balaban J connectivity index is 2.77. The minimum absolute atomic E-state index is 0.0454. The second-order valence-electron chi connectivity index (χ2n) is 3.92. The second-order valence-corrected chi connectivity index (χ2v) is 4.73. The fraction of sp³-hybridized carbons (Fsp3) is 0.500. The van der Waals surface area contributed by atoms with Crippen LogP contribution in [0, 0.1) is 0 Å². The highest BCUT2D eigenvalue weighted by Gasteiger charge is 2.16. The number of amides is 1. The number of hydrogen-bond donors (Lipinski definition) is 0. The van der Waals surface area contributed by atoms with Crippen molar-refractivity contribution in [3.63, 3.8) is 0 Å². The monoisotopic (exact) mass is 284 g/mol. The number of pyridine rings is 1. The van der Waals surface area contributed by atoms with Crippen molar-refractivity contribution in [1.29, 1.82) is 0 Å². The van der Waals surface area contributed by atoms with Crippen LogP contribution in [-0.2, 0) is 0 Å². The molecule has 1 unspecified atom stereocenters. The van der Waals surface area contributed by atoms with E-state index in [1.807, 2.05) is 7.05 Å². The molecule has 4 heteroatoms. The summed E-state index contributed by atoms with van der Waals surface area (Å²) >= 11 is 3.27. The SMILES string of the molecule is CCCC(C)N(C)C(=O)c1ccnc(Br)c1. The highest BCUT2D eigenvalue weighted by molar-refractivity contribution is 9.10. The van der Waals surface area contributed by atoms with E-state index < -0.39 is 0 Å². The summed E-state index contributed by atoms with van der Waals surface area (Å²) in [4.78, 5) is 17.9. The summed E-state index contributed by atoms with van der Waals surface area (Å²) in [6, 6.07) is 3.75. The minimum atomic E-state index is 0.0454. The molecule has 0 N–H and O–H groups in total. The molecule has 0 aliphatic heterocycles. The van der Waals surface area contributed by atoms with E-state index in [1.54, 1.807) is 23.2 Å². The van der Waals surface area contributed by atoms with Gasteiger partial charge in [-0.25, -0.2) is 4.98 Å². The summed E-state index contributed by atoms with van der Waals surface area (Å²) < 4.78 is 0.690. The lowest BCUT2D eigenvalue weighted by Crippen LogP contribution is -2.34. The van der Waals surface area contributed by atoms with E-state index in [2.05, 4.69) is 34.8 Å². The summed E-state index contributed by atoms with van der Waals surface area (Å²) in [5.74, 6) is 0.0454. The second kappa shape index (κ2) is 5.99. The normalized spacial score (nSPS) is 12.2. The molecule has 1 amide bonds. The summed E-state index contributed by atoms with van der Waals surface area (Å²) in [5.41, 5.74) is 0.673. The van der Waals surface area contributed by atoms with Crippen molar-refractivity contribution in [3.05, 3.63) is 28.5 Å². The van der Waals surface area contributed by atoms with Crippen molar-refractivity contribution in [2.45, 2.75) is 32.7 Å². The third kappa shape index (κ3) is 3.30. The standard InChI is InChI=1S/C12H17BrN2O/c1-4-5-9(2)15(3)12(16)10-6-7-14-11(13)8-10/h6-9H,4-5H2,1-3H3. The zero-order chi connectivity index (χ0) is 12.1.